The Morgan fingerprint density at radius 3 is 2.32 bits per heavy atom. The van der Waals surface area contributed by atoms with Crippen molar-refractivity contribution in [2.45, 2.75) is 44.5 Å². The number of carbonyl (C=O) groups is 1. The van der Waals surface area contributed by atoms with Gasteiger partial charge in [-0.25, -0.2) is 9.97 Å². The van der Waals surface area contributed by atoms with Crippen LogP contribution in [0.25, 0.3) is 0 Å². The van der Waals surface area contributed by atoms with E-state index in [1.165, 1.54) is 31.4 Å². The van der Waals surface area contributed by atoms with Gasteiger partial charge in [0.25, 0.3) is 5.91 Å². The van der Waals surface area contributed by atoms with Gasteiger partial charge in [0, 0.05) is 63.5 Å². The van der Waals surface area contributed by atoms with Crippen molar-refractivity contribution in [3.63, 3.8) is 0 Å². The predicted octanol–water partition coefficient (Wildman–Crippen LogP) is 3.29. The van der Waals surface area contributed by atoms with Gasteiger partial charge in [0.1, 0.15) is 5.75 Å². The molecule has 2 aromatic rings. The molecule has 3 heterocycles. The molecule has 2 aliphatic heterocycles. The summed E-state index contributed by atoms with van der Waals surface area (Å²) in [5.74, 6) is 0.197. The molecule has 1 amide bonds. The Labute approximate surface area is 196 Å². The van der Waals surface area contributed by atoms with Gasteiger partial charge in [-0.1, -0.05) is 6.42 Å². The van der Waals surface area contributed by atoms with Crippen molar-refractivity contribution < 1.29 is 22.7 Å². The van der Waals surface area contributed by atoms with E-state index < -0.39 is 6.36 Å². The molecule has 0 radical (unpaired) electrons. The van der Waals surface area contributed by atoms with Crippen LogP contribution in [0.15, 0.2) is 30.5 Å². The molecule has 10 heteroatoms. The van der Waals surface area contributed by atoms with Gasteiger partial charge in [0.15, 0.2) is 0 Å². The SMILES string of the molecule is O=C(c1ccc(OC(F)(F)F)cc1)N1CCc2cnc(N3CCN(C4CCC4)CC3)nc2CC1. The zero-order chi connectivity index (χ0) is 23.7. The van der Waals surface area contributed by atoms with Gasteiger partial charge in [-0.05, 0) is 49.1 Å². The third kappa shape index (κ3) is 5.11. The Kier molecular flexibility index (Phi) is 6.33. The van der Waals surface area contributed by atoms with Crippen molar-refractivity contribution in [3.8, 4) is 5.75 Å². The van der Waals surface area contributed by atoms with Crippen LogP contribution < -0.4 is 9.64 Å². The maximum absolute atomic E-state index is 12.9. The number of aromatic nitrogens is 2. The highest BCUT2D eigenvalue weighted by Crippen LogP contribution is 2.27. The lowest BCUT2D eigenvalue weighted by molar-refractivity contribution is -0.274. The third-order valence-corrected chi connectivity index (χ3v) is 7.02. The molecule has 0 bridgehead atoms. The summed E-state index contributed by atoms with van der Waals surface area (Å²) in [6.45, 7) is 4.94. The zero-order valence-corrected chi connectivity index (χ0v) is 18.9. The predicted molar refractivity (Wildman–Crippen MR) is 120 cm³/mol. The molecular weight excluding hydrogens is 447 g/mol. The van der Waals surface area contributed by atoms with Crippen molar-refractivity contribution in [1.29, 1.82) is 0 Å². The fourth-order valence-electron chi connectivity index (χ4n) is 4.84. The number of fused-ring (bicyclic) bond motifs is 1. The Balaban J connectivity index is 1.20. The maximum atomic E-state index is 12.9. The summed E-state index contributed by atoms with van der Waals surface area (Å²) in [7, 11) is 0. The molecular formula is C24H28F3N5O2. The van der Waals surface area contributed by atoms with E-state index in [0.29, 0.717) is 31.5 Å². The van der Waals surface area contributed by atoms with E-state index >= 15 is 0 Å². The van der Waals surface area contributed by atoms with E-state index in [0.717, 1.165) is 61.6 Å². The van der Waals surface area contributed by atoms with Gasteiger partial charge in [-0.3, -0.25) is 9.69 Å². The number of alkyl halides is 3. The summed E-state index contributed by atoms with van der Waals surface area (Å²) in [6.07, 6.45) is 2.36. The first-order valence-electron chi connectivity index (χ1n) is 11.8. The van der Waals surface area contributed by atoms with Crippen LogP contribution in [0, 0.1) is 0 Å². The molecule has 34 heavy (non-hydrogen) atoms. The smallest absolute Gasteiger partial charge is 0.406 e. The van der Waals surface area contributed by atoms with E-state index in [-0.39, 0.29) is 11.7 Å². The number of carbonyl (C=O) groups excluding carboxylic acids is 1. The van der Waals surface area contributed by atoms with Crippen LogP contribution in [0.2, 0.25) is 0 Å². The normalized spacial score (nSPS) is 19.9. The topological polar surface area (TPSA) is 61.8 Å². The van der Waals surface area contributed by atoms with E-state index in [1.807, 2.05) is 6.20 Å². The van der Waals surface area contributed by atoms with Crippen molar-refractivity contribution in [3.05, 3.63) is 47.3 Å². The van der Waals surface area contributed by atoms with Crippen LogP contribution in [-0.2, 0) is 12.8 Å². The fourth-order valence-corrected chi connectivity index (χ4v) is 4.84. The zero-order valence-electron chi connectivity index (χ0n) is 18.9. The number of nitrogens with zero attached hydrogens (tertiary/aromatic N) is 5. The molecule has 1 aliphatic carbocycles. The van der Waals surface area contributed by atoms with Crippen LogP contribution in [0.3, 0.4) is 0 Å². The van der Waals surface area contributed by atoms with Crippen LogP contribution in [0.5, 0.6) is 5.75 Å². The van der Waals surface area contributed by atoms with Crippen molar-refractivity contribution in [1.82, 2.24) is 19.8 Å². The second kappa shape index (κ2) is 9.40. The molecule has 0 spiro atoms. The summed E-state index contributed by atoms with van der Waals surface area (Å²) in [5.41, 5.74) is 2.34. The van der Waals surface area contributed by atoms with Gasteiger partial charge < -0.3 is 14.5 Å². The number of piperazine rings is 1. The lowest BCUT2D eigenvalue weighted by atomic mass is 9.91. The van der Waals surface area contributed by atoms with Crippen LogP contribution in [-0.4, -0.2) is 77.3 Å². The number of amides is 1. The van der Waals surface area contributed by atoms with Crippen molar-refractivity contribution in [2.24, 2.45) is 0 Å². The highest BCUT2D eigenvalue weighted by Gasteiger charge is 2.31. The Hall–Kier alpha value is -2.88. The second-order valence-electron chi connectivity index (χ2n) is 9.11. The van der Waals surface area contributed by atoms with Crippen molar-refractivity contribution >= 4 is 11.9 Å². The fraction of sp³-hybridized carbons (Fsp3) is 0.542. The lowest BCUT2D eigenvalue weighted by Gasteiger charge is -2.43. The molecule has 5 rings (SSSR count). The molecule has 2 fully saturated rings. The first kappa shape index (κ1) is 22.9. The largest absolute Gasteiger partial charge is 0.573 e. The number of halogens is 3. The summed E-state index contributed by atoms with van der Waals surface area (Å²) >= 11 is 0. The van der Waals surface area contributed by atoms with Crippen LogP contribution in [0.1, 0.15) is 40.9 Å². The Morgan fingerprint density at radius 2 is 1.68 bits per heavy atom. The second-order valence-corrected chi connectivity index (χ2v) is 9.11. The van der Waals surface area contributed by atoms with Gasteiger partial charge >= 0.3 is 6.36 Å². The maximum Gasteiger partial charge on any atom is 0.573 e. The first-order chi connectivity index (χ1) is 16.4. The van der Waals surface area contributed by atoms with Gasteiger partial charge in [0.2, 0.25) is 5.95 Å². The Bertz CT molecular complexity index is 1020. The van der Waals surface area contributed by atoms with Crippen LogP contribution >= 0.6 is 0 Å². The van der Waals surface area contributed by atoms with Gasteiger partial charge in [0.05, 0.1) is 5.69 Å². The minimum atomic E-state index is -4.76. The molecule has 3 aliphatic rings. The van der Waals surface area contributed by atoms with E-state index in [9.17, 15) is 18.0 Å². The molecule has 1 aromatic carbocycles. The van der Waals surface area contributed by atoms with Crippen LogP contribution in [0.4, 0.5) is 19.1 Å². The summed E-state index contributed by atoms with van der Waals surface area (Å²) in [6, 6.07) is 5.81. The number of anilines is 1. The number of hydrogen-bond donors (Lipinski definition) is 0. The summed E-state index contributed by atoms with van der Waals surface area (Å²) in [5, 5.41) is 0. The molecule has 7 nitrogen and oxygen atoms in total. The molecule has 0 atom stereocenters. The quantitative estimate of drug-likeness (QED) is 0.677. The Morgan fingerprint density at radius 1 is 0.971 bits per heavy atom. The standard InChI is InChI=1S/C24H28F3N5O2/c25-24(26,27)34-20-6-4-17(5-7-20)22(33)31-10-8-18-16-28-23(29-21(18)9-11-31)32-14-12-30(13-15-32)19-2-1-3-19/h4-7,16,19H,1-3,8-15H2. The lowest BCUT2D eigenvalue weighted by Crippen LogP contribution is -2.52. The minimum Gasteiger partial charge on any atom is -0.406 e. The molecule has 1 saturated carbocycles. The monoisotopic (exact) mass is 475 g/mol. The van der Waals surface area contributed by atoms with Gasteiger partial charge in [-0.15, -0.1) is 13.2 Å². The number of ether oxygens (including phenoxy) is 1. The minimum absolute atomic E-state index is 0.216. The molecule has 0 N–H and O–H groups in total. The van der Waals surface area contributed by atoms with E-state index in [1.54, 1.807) is 4.90 Å². The van der Waals surface area contributed by atoms with Gasteiger partial charge in [-0.2, -0.15) is 0 Å². The highest BCUT2D eigenvalue weighted by atomic mass is 19.4. The third-order valence-electron chi connectivity index (χ3n) is 7.02. The van der Waals surface area contributed by atoms with Crippen molar-refractivity contribution in [2.75, 3.05) is 44.2 Å². The van der Waals surface area contributed by atoms with E-state index in [2.05, 4.69) is 19.5 Å². The highest BCUT2D eigenvalue weighted by molar-refractivity contribution is 5.94. The molecule has 1 aromatic heterocycles. The summed E-state index contributed by atoms with van der Waals surface area (Å²) in [4.78, 5) is 29.0. The number of hydrogen-bond acceptors (Lipinski definition) is 6. The summed E-state index contributed by atoms with van der Waals surface area (Å²) < 4.78 is 41.0. The first-order valence-corrected chi connectivity index (χ1v) is 11.8. The molecule has 182 valence electrons. The van der Waals surface area contributed by atoms with E-state index in [4.69, 9.17) is 4.98 Å². The number of rotatable bonds is 4. The average molecular weight is 476 g/mol. The molecule has 1 saturated heterocycles. The molecule has 0 unspecified atom stereocenters. The number of benzene rings is 1. The average Bonchev–Trinajstić information content (AvgIpc) is 3.00.